The van der Waals surface area contributed by atoms with E-state index in [-0.39, 0.29) is 30.3 Å². The molecule has 0 N–H and O–H groups in total. The van der Waals surface area contributed by atoms with Gasteiger partial charge in [-0.25, -0.2) is 18.7 Å². The number of ether oxygens (including phenoxy) is 1. The molecule has 0 bridgehead atoms. The molecule has 1 fully saturated rings. The second kappa shape index (κ2) is 8.77. The first-order chi connectivity index (χ1) is 15.4. The summed E-state index contributed by atoms with van der Waals surface area (Å²) in [6, 6.07) is 1.56. The first kappa shape index (κ1) is 21.5. The zero-order chi connectivity index (χ0) is 22.8. The van der Waals surface area contributed by atoms with Crippen molar-refractivity contribution in [3.05, 3.63) is 47.3 Å². The zero-order valence-corrected chi connectivity index (χ0v) is 17.8. The Morgan fingerprint density at radius 2 is 1.88 bits per heavy atom. The highest BCUT2D eigenvalue weighted by molar-refractivity contribution is 5.95. The topological polar surface area (TPSA) is 97.2 Å². The minimum atomic E-state index is -0.896. The zero-order valence-electron chi connectivity index (χ0n) is 17.8. The third-order valence-electron chi connectivity index (χ3n) is 5.14. The van der Waals surface area contributed by atoms with Gasteiger partial charge in [0, 0.05) is 44.6 Å². The van der Waals surface area contributed by atoms with Crippen molar-refractivity contribution in [3.63, 3.8) is 0 Å². The number of aromatic nitrogens is 5. The van der Waals surface area contributed by atoms with Crippen LogP contribution in [0.2, 0.25) is 0 Å². The predicted octanol–water partition coefficient (Wildman–Crippen LogP) is 2.24. The number of methoxy groups -OCH3 is 1. The lowest BCUT2D eigenvalue weighted by molar-refractivity contribution is -0.128. The highest BCUT2D eigenvalue weighted by Crippen LogP contribution is 2.29. The molecular weight excluding hydrogens is 420 g/mol. The number of aryl methyl sites for hydroxylation is 2. The Labute approximate surface area is 182 Å². The molecule has 4 heterocycles. The molecule has 0 aromatic carbocycles. The van der Waals surface area contributed by atoms with Crippen molar-refractivity contribution in [1.29, 1.82) is 0 Å². The second-order valence-corrected chi connectivity index (χ2v) is 7.25. The smallest absolute Gasteiger partial charge is 0.318 e. The van der Waals surface area contributed by atoms with Crippen LogP contribution in [0.3, 0.4) is 0 Å². The summed E-state index contributed by atoms with van der Waals surface area (Å²) in [5, 5.41) is 0.443. The van der Waals surface area contributed by atoms with Gasteiger partial charge in [-0.2, -0.15) is 9.97 Å². The molecule has 3 aromatic heterocycles. The molecule has 1 aliphatic rings. The largest absolute Gasteiger partial charge is 0.467 e. The quantitative estimate of drug-likeness (QED) is 0.569. The fourth-order valence-electron chi connectivity index (χ4n) is 3.46. The van der Waals surface area contributed by atoms with Crippen LogP contribution in [0.5, 0.6) is 6.01 Å². The normalized spacial score (nSPS) is 14.7. The molecule has 1 saturated heterocycles. The maximum absolute atomic E-state index is 14.6. The highest BCUT2D eigenvalue weighted by atomic mass is 19.1. The van der Waals surface area contributed by atoms with Crippen LogP contribution in [0.1, 0.15) is 17.2 Å². The van der Waals surface area contributed by atoms with E-state index in [1.807, 2.05) is 4.90 Å². The minimum absolute atomic E-state index is 0.0321. The van der Waals surface area contributed by atoms with Gasteiger partial charge < -0.3 is 14.5 Å². The average molecular weight is 441 g/mol. The fraction of sp³-hybridized carbons (Fsp3) is 0.333. The number of hydrogen-bond acceptors (Lipinski definition) is 8. The Kier molecular flexibility index (Phi) is 5.89. The maximum Gasteiger partial charge on any atom is 0.318 e. The van der Waals surface area contributed by atoms with Crippen LogP contribution >= 0.6 is 0 Å². The first-order valence-corrected chi connectivity index (χ1v) is 9.95. The summed E-state index contributed by atoms with van der Waals surface area (Å²) < 4.78 is 34.2. The van der Waals surface area contributed by atoms with Gasteiger partial charge in [-0.05, 0) is 19.9 Å². The lowest BCUT2D eigenvalue weighted by Gasteiger charge is -2.35. The molecule has 0 saturated carbocycles. The average Bonchev–Trinajstić information content (AvgIpc) is 2.80. The molecule has 0 radical (unpaired) electrons. The molecular formula is C21H21F2N7O2. The van der Waals surface area contributed by atoms with Crippen molar-refractivity contribution in [2.45, 2.75) is 13.8 Å². The summed E-state index contributed by atoms with van der Waals surface area (Å²) in [4.78, 5) is 36.4. The van der Waals surface area contributed by atoms with E-state index in [4.69, 9.17) is 4.74 Å². The Hall–Kier alpha value is -3.76. The molecule has 9 nitrogen and oxygen atoms in total. The van der Waals surface area contributed by atoms with Gasteiger partial charge in [0.05, 0.1) is 23.9 Å². The third kappa shape index (κ3) is 4.18. The van der Waals surface area contributed by atoms with Crippen LogP contribution in [0.25, 0.3) is 17.0 Å². The van der Waals surface area contributed by atoms with E-state index >= 15 is 0 Å². The van der Waals surface area contributed by atoms with Crippen LogP contribution in [0.15, 0.2) is 24.3 Å². The number of pyridine rings is 1. The molecule has 0 spiro atoms. The molecule has 1 aliphatic heterocycles. The summed E-state index contributed by atoms with van der Waals surface area (Å²) in [6.07, 6.45) is 4.12. The van der Waals surface area contributed by atoms with Crippen molar-refractivity contribution < 1.29 is 18.3 Å². The van der Waals surface area contributed by atoms with Gasteiger partial charge in [-0.1, -0.05) is 0 Å². The van der Waals surface area contributed by atoms with Gasteiger partial charge in [0.15, 0.2) is 11.6 Å². The Morgan fingerprint density at radius 3 is 2.56 bits per heavy atom. The summed E-state index contributed by atoms with van der Waals surface area (Å²) in [6.45, 7) is 4.51. The Balaban J connectivity index is 1.53. The monoisotopic (exact) mass is 441 g/mol. The fourth-order valence-corrected chi connectivity index (χ4v) is 3.46. The molecule has 32 heavy (non-hydrogen) atoms. The lowest BCUT2D eigenvalue weighted by atomic mass is 10.2. The van der Waals surface area contributed by atoms with E-state index < -0.39 is 17.6 Å². The number of anilines is 1. The van der Waals surface area contributed by atoms with E-state index in [2.05, 4.69) is 24.9 Å². The number of nitrogens with zero attached hydrogens (tertiary/aromatic N) is 7. The maximum atomic E-state index is 14.6. The molecule has 1 amide bonds. The number of piperazine rings is 1. The standard InChI is InChI=1S/C21H21F2N7O2/c1-12-17(23)18-15(11-25-12)19(28-21(27-18)32-3)29-6-8-30(9-7-29)20(31)16(22)10-14-4-5-24-13(2)26-14/h4-5,10-11H,6-9H2,1-3H3/b16-10-. The molecule has 0 atom stereocenters. The van der Waals surface area contributed by atoms with Crippen molar-refractivity contribution >= 4 is 28.7 Å². The van der Waals surface area contributed by atoms with E-state index in [1.54, 1.807) is 13.8 Å². The van der Waals surface area contributed by atoms with Crippen LogP contribution in [-0.4, -0.2) is 69.0 Å². The number of hydrogen-bond donors (Lipinski definition) is 0. The molecule has 0 aliphatic carbocycles. The Bertz CT molecular complexity index is 1210. The van der Waals surface area contributed by atoms with Crippen LogP contribution < -0.4 is 9.64 Å². The van der Waals surface area contributed by atoms with Crippen molar-refractivity contribution in [3.8, 4) is 6.01 Å². The van der Waals surface area contributed by atoms with Gasteiger partial charge in [-0.3, -0.25) is 9.78 Å². The third-order valence-corrected chi connectivity index (χ3v) is 5.14. The highest BCUT2D eigenvalue weighted by Gasteiger charge is 2.27. The lowest BCUT2D eigenvalue weighted by Crippen LogP contribution is -2.49. The SMILES string of the molecule is COc1nc(N2CCN(C(=O)/C(F)=C/c3ccnc(C)n3)CC2)c2cnc(C)c(F)c2n1. The Morgan fingerprint density at radius 1 is 1.12 bits per heavy atom. The minimum Gasteiger partial charge on any atom is -0.467 e. The predicted molar refractivity (Wildman–Crippen MR) is 113 cm³/mol. The number of fused-ring (bicyclic) bond motifs is 1. The molecule has 11 heteroatoms. The number of carbonyl (C=O) groups excluding carboxylic acids is 1. The van der Waals surface area contributed by atoms with Crippen molar-refractivity contribution in [2.24, 2.45) is 0 Å². The number of halogens is 2. The van der Waals surface area contributed by atoms with Crippen molar-refractivity contribution in [2.75, 3.05) is 38.2 Å². The van der Waals surface area contributed by atoms with Crippen LogP contribution in [0, 0.1) is 19.7 Å². The first-order valence-electron chi connectivity index (χ1n) is 9.95. The second-order valence-electron chi connectivity index (χ2n) is 7.25. The van der Waals surface area contributed by atoms with E-state index in [0.717, 1.165) is 6.08 Å². The summed E-state index contributed by atoms with van der Waals surface area (Å²) in [7, 11) is 1.40. The van der Waals surface area contributed by atoms with E-state index in [9.17, 15) is 13.6 Å². The summed E-state index contributed by atoms with van der Waals surface area (Å²) in [5.41, 5.74) is 0.666. The summed E-state index contributed by atoms with van der Waals surface area (Å²) in [5.74, 6) is -1.20. The van der Waals surface area contributed by atoms with Gasteiger partial charge in [0.1, 0.15) is 17.2 Å². The van der Waals surface area contributed by atoms with Gasteiger partial charge in [0.2, 0.25) is 0 Å². The van der Waals surface area contributed by atoms with Crippen LogP contribution in [0.4, 0.5) is 14.6 Å². The van der Waals surface area contributed by atoms with Crippen LogP contribution in [-0.2, 0) is 4.79 Å². The van der Waals surface area contributed by atoms with Gasteiger partial charge in [0.25, 0.3) is 5.91 Å². The molecule has 3 aromatic rings. The van der Waals surface area contributed by atoms with Crippen molar-refractivity contribution in [1.82, 2.24) is 29.8 Å². The number of rotatable bonds is 4. The number of carbonyl (C=O) groups is 1. The molecule has 4 rings (SSSR count). The van der Waals surface area contributed by atoms with E-state index in [0.29, 0.717) is 35.8 Å². The number of amides is 1. The molecule has 0 unspecified atom stereocenters. The summed E-state index contributed by atoms with van der Waals surface area (Å²) >= 11 is 0. The van der Waals surface area contributed by atoms with E-state index in [1.165, 1.54) is 30.5 Å². The van der Waals surface area contributed by atoms with Gasteiger partial charge in [-0.15, -0.1) is 0 Å². The molecule has 166 valence electrons. The van der Waals surface area contributed by atoms with Gasteiger partial charge >= 0.3 is 6.01 Å².